The summed E-state index contributed by atoms with van der Waals surface area (Å²) < 4.78 is 17.4. The minimum Gasteiger partial charge on any atom is -0.508 e. The summed E-state index contributed by atoms with van der Waals surface area (Å²) in [6, 6.07) is 29.7. The zero-order valence-corrected chi connectivity index (χ0v) is 28.0. The first-order valence-corrected chi connectivity index (χ1v) is 16.1. The van der Waals surface area contributed by atoms with Crippen molar-refractivity contribution >= 4 is 11.6 Å². The molecule has 0 unspecified atom stereocenters. The molecule has 0 bridgehead atoms. The van der Waals surface area contributed by atoms with Crippen LogP contribution in [0.15, 0.2) is 103 Å². The van der Waals surface area contributed by atoms with Crippen molar-refractivity contribution in [1.82, 2.24) is 0 Å². The van der Waals surface area contributed by atoms with E-state index in [1.165, 1.54) is 12.1 Å². The third-order valence-corrected chi connectivity index (χ3v) is 8.02. The SMILES string of the molecule is CCCc1cc(C(=O)COc2ccc(-c3ccccc3)cc2)c(Oc2cc(C(=O)COc3ccc(C(C)(C)C)cc3)c(O)cc2O)cc1O. The normalized spacial score (nSPS) is 11.2. The van der Waals surface area contributed by atoms with Crippen LogP contribution < -0.4 is 14.2 Å². The topological polar surface area (TPSA) is 123 Å². The summed E-state index contributed by atoms with van der Waals surface area (Å²) in [5.74, 6) is -1.31. The van der Waals surface area contributed by atoms with Crippen molar-refractivity contribution in [3.63, 3.8) is 0 Å². The summed E-state index contributed by atoms with van der Waals surface area (Å²) in [6.45, 7) is 7.53. The number of rotatable bonds is 13. The van der Waals surface area contributed by atoms with Crippen LogP contribution in [0.4, 0.5) is 0 Å². The fraction of sp³-hybridized carbons (Fsp3) is 0.220. The largest absolute Gasteiger partial charge is 0.508 e. The summed E-state index contributed by atoms with van der Waals surface area (Å²) >= 11 is 0. The minimum absolute atomic E-state index is 0.0394. The number of carbonyl (C=O) groups is 2. The molecule has 0 aliphatic rings. The third kappa shape index (κ3) is 8.59. The average molecular weight is 661 g/mol. The van der Waals surface area contributed by atoms with Crippen LogP contribution in [-0.2, 0) is 11.8 Å². The fourth-order valence-corrected chi connectivity index (χ4v) is 5.25. The first kappa shape index (κ1) is 34.6. The van der Waals surface area contributed by atoms with Crippen LogP contribution in [0, 0.1) is 0 Å². The van der Waals surface area contributed by atoms with E-state index in [0.29, 0.717) is 23.5 Å². The maximum Gasteiger partial charge on any atom is 0.204 e. The van der Waals surface area contributed by atoms with Crippen LogP contribution in [-0.4, -0.2) is 40.1 Å². The number of carbonyl (C=O) groups excluding carboxylic acids is 2. The van der Waals surface area contributed by atoms with Crippen LogP contribution in [0.1, 0.15) is 66.0 Å². The molecule has 49 heavy (non-hydrogen) atoms. The van der Waals surface area contributed by atoms with E-state index in [0.717, 1.165) is 29.2 Å². The lowest BCUT2D eigenvalue weighted by Gasteiger charge is -2.19. The molecule has 252 valence electrons. The number of benzene rings is 5. The van der Waals surface area contributed by atoms with Crippen molar-refractivity contribution in [3.05, 3.63) is 125 Å². The molecular formula is C41H40O8. The summed E-state index contributed by atoms with van der Waals surface area (Å²) in [6.07, 6.45) is 1.23. The predicted octanol–water partition coefficient (Wildman–Crippen LogP) is 9.04. The van der Waals surface area contributed by atoms with Gasteiger partial charge in [0.25, 0.3) is 0 Å². The molecule has 0 aliphatic heterocycles. The first-order valence-electron chi connectivity index (χ1n) is 16.1. The summed E-state index contributed by atoms with van der Waals surface area (Å²) in [5.41, 5.74) is 3.64. The van der Waals surface area contributed by atoms with E-state index in [2.05, 4.69) is 20.8 Å². The Bertz CT molecular complexity index is 1920. The molecule has 5 rings (SSSR count). The van der Waals surface area contributed by atoms with E-state index >= 15 is 0 Å². The van der Waals surface area contributed by atoms with Crippen molar-refractivity contribution in [2.45, 2.75) is 46.0 Å². The molecule has 0 saturated carbocycles. The van der Waals surface area contributed by atoms with Gasteiger partial charge in [-0.25, -0.2) is 0 Å². The predicted molar refractivity (Wildman–Crippen MR) is 189 cm³/mol. The molecule has 0 fully saturated rings. The van der Waals surface area contributed by atoms with Crippen LogP contribution in [0.2, 0.25) is 0 Å². The van der Waals surface area contributed by atoms with E-state index < -0.39 is 23.1 Å². The second-order valence-electron chi connectivity index (χ2n) is 12.8. The zero-order valence-electron chi connectivity index (χ0n) is 28.0. The van der Waals surface area contributed by atoms with Gasteiger partial charge < -0.3 is 29.5 Å². The van der Waals surface area contributed by atoms with Gasteiger partial charge in [-0.2, -0.15) is 0 Å². The van der Waals surface area contributed by atoms with Crippen molar-refractivity contribution in [1.29, 1.82) is 0 Å². The highest BCUT2D eigenvalue weighted by molar-refractivity contribution is 6.01. The monoisotopic (exact) mass is 660 g/mol. The lowest BCUT2D eigenvalue weighted by atomic mass is 9.87. The van der Waals surface area contributed by atoms with Crippen molar-refractivity contribution in [3.8, 4) is 51.4 Å². The van der Waals surface area contributed by atoms with Crippen LogP contribution in [0.5, 0.6) is 40.2 Å². The molecule has 0 aliphatic carbocycles. The Kier molecular flexibility index (Phi) is 10.6. The highest BCUT2D eigenvalue weighted by Gasteiger charge is 2.22. The van der Waals surface area contributed by atoms with Gasteiger partial charge in [0.05, 0.1) is 11.1 Å². The quantitative estimate of drug-likeness (QED) is 0.107. The average Bonchev–Trinajstić information content (AvgIpc) is 3.09. The Hall–Kier alpha value is -5.76. The Morgan fingerprint density at radius 3 is 1.78 bits per heavy atom. The van der Waals surface area contributed by atoms with E-state index in [1.54, 1.807) is 30.3 Å². The van der Waals surface area contributed by atoms with Gasteiger partial charge in [0, 0.05) is 12.1 Å². The molecule has 3 N–H and O–H groups in total. The zero-order chi connectivity index (χ0) is 35.1. The van der Waals surface area contributed by atoms with Crippen LogP contribution >= 0.6 is 0 Å². The molecule has 0 spiro atoms. The Morgan fingerprint density at radius 1 is 0.612 bits per heavy atom. The molecule has 8 nitrogen and oxygen atoms in total. The van der Waals surface area contributed by atoms with Gasteiger partial charge in [0.2, 0.25) is 11.6 Å². The van der Waals surface area contributed by atoms with Gasteiger partial charge in [-0.15, -0.1) is 0 Å². The molecule has 0 aromatic heterocycles. The van der Waals surface area contributed by atoms with Crippen LogP contribution in [0.3, 0.4) is 0 Å². The van der Waals surface area contributed by atoms with Crippen molar-refractivity contribution in [2.24, 2.45) is 0 Å². The van der Waals surface area contributed by atoms with Gasteiger partial charge in [-0.1, -0.05) is 88.7 Å². The van der Waals surface area contributed by atoms with Gasteiger partial charge in [-0.05, 0) is 70.5 Å². The standard InChI is InChI=1S/C41H40O8/c1-5-9-28-20-33(38(46)25-48-30-16-12-27(13-17-30)26-10-7-6-8-11-26)39(23-34(28)42)49-40-21-32(35(43)22-36(40)44)37(45)24-47-31-18-14-29(15-19-31)41(2,3)4/h6-8,10-23,42-44H,5,9,24-25H2,1-4H3. The molecule has 0 amide bonds. The highest BCUT2D eigenvalue weighted by Crippen LogP contribution is 2.40. The van der Waals surface area contributed by atoms with Crippen molar-refractivity contribution < 1.29 is 39.1 Å². The number of aryl methyl sites for hydroxylation is 1. The Morgan fingerprint density at radius 2 is 1.18 bits per heavy atom. The first-order chi connectivity index (χ1) is 23.4. The Balaban J connectivity index is 1.34. The van der Waals surface area contributed by atoms with E-state index in [-0.39, 0.29) is 47.0 Å². The fourth-order valence-electron chi connectivity index (χ4n) is 5.25. The lowest BCUT2D eigenvalue weighted by Crippen LogP contribution is -2.14. The number of phenolic OH excluding ortho intramolecular Hbond substituents is 3. The molecule has 5 aromatic rings. The smallest absolute Gasteiger partial charge is 0.204 e. The number of hydrogen-bond donors (Lipinski definition) is 3. The molecule has 0 atom stereocenters. The number of Topliss-reactive ketones (excluding diaryl/α,β-unsaturated/α-hetero) is 2. The van der Waals surface area contributed by atoms with Gasteiger partial charge in [-0.3, -0.25) is 9.59 Å². The third-order valence-electron chi connectivity index (χ3n) is 8.02. The molecule has 8 heteroatoms. The summed E-state index contributed by atoms with van der Waals surface area (Å²) in [7, 11) is 0. The molecule has 0 radical (unpaired) electrons. The second kappa shape index (κ2) is 15.0. The highest BCUT2D eigenvalue weighted by atomic mass is 16.5. The maximum atomic E-state index is 13.5. The van der Waals surface area contributed by atoms with Crippen molar-refractivity contribution in [2.75, 3.05) is 13.2 Å². The number of hydrogen-bond acceptors (Lipinski definition) is 8. The second-order valence-corrected chi connectivity index (χ2v) is 12.8. The molecule has 0 heterocycles. The number of ether oxygens (including phenoxy) is 3. The lowest BCUT2D eigenvalue weighted by molar-refractivity contribution is 0.0910. The number of phenols is 3. The minimum atomic E-state index is -0.564. The van der Waals surface area contributed by atoms with Crippen LogP contribution in [0.25, 0.3) is 11.1 Å². The van der Waals surface area contributed by atoms with E-state index in [4.69, 9.17) is 14.2 Å². The molecule has 0 saturated heterocycles. The van der Waals surface area contributed by atoms with Gasteiger partial charge >= 0.3 is 0 Å². The number of ketones is 2. The maximum absolute atomic E-state index is 13.5. The van der Waals surface area contributed by atoms with Gasteiger partial charge in [0.15, 0.2) is 24.7 Å². The van der Waals surface area contributed by atoms with E-state index in [1.807, 2.05) is 61.5 Å². The number of aromatic hydroxyl groups is 3. The summed E-state index contributed by atoms with van der Waals surface area (Å²) in [4.78, 5) is 26.7. The molecular weight excluding hydrogens is 620 g/mol. The molecule has 5 aromatic carbocycles. The summed E-state index contributed by atoms with van der Waals surface area (Å²) in [5, 5.41) is 31.9. The van der Waals surface area contributed by atoms with E-state index in [9.17, 15) is 24.9 Å². The van der Waals surface area contributed by atoms with Gasteiger partial charge in [0.1, 0.15) is 28.7 Å². The Labute approximate surface area is 286 Å².